The Morgan fingerprint density at radius 3 is 2.19 bits per heavy atom. The van der Waals surface area contributed by atoms with E-state index in [1.807, 2.05) is 18.2 Å². The summed E-state index contributed by atoms with van der Waals surface area (Å²) in [5.41, 5.74) is 6.14. The Labute approximate surface area is 137 Å². The minimum atomic E-state index is 0.0572. The molecule has 21 heavy (non-hydrogen) atoms. The second-order valence-electron chi connectivity index (χ2n) is 5.47. The largest absolute Gasteiger partial charge is 0.306 e. The molecule has 0 aliphatic carbocycles. The molecule has 1 unspecified atom stereocenters. The van der Waals surface area contributed by atoms with E-state index >= 15 is 0 Å². The van der Waals surface area contributed by atoms with Crippen molar-refractivity contribution in [3.05, 3.63) is 68.2 Å². The molecule has 0 radical (unpaired) electrons. The standard InChI is InChI=1S/C18H21Cl2N/c1-5-21-18(15-10-14(19)6-7-16(15)20)17-12(3)8-11(2)9-13(17)4/h6-10,18,21H,5H2,1-4H3. The van der Waals surface area contributed by atoms with Gasteiger partial charge in [-0.25, -0.2) is 0 Å². The van der Waals surface area contributed by atoms with Crippen molar-refractivity contribution in [2.45, 2.75) is 33.7 Å². The second kappa shape index (κ2) is 6.83. The first kappa shape index (κ1) is 16.4. The normalized spacial score (nSPS) is 12.5. The van der Waals surface area contributed by atoms with Crippen molar-refractivity contribution in [1.82, 2.24) is 5.32 Å². The van der Waals surface area contributed by atoms with Crippen LogP contribution in [0.5, 0.6) is 0 Å². The van der Waals surface area contributed by atoms with E-state index in [1.54, 1.807) is 0 Å². The van der Waals surface area contributed by atoms with Gasteiger partial charge >= 0.3 is 0 Å². The summed E-state index contributed by atoms with van der Waals surface area (Å²) in [6, 6.07) is 10.1. The first-order chi connectivity index (χ1) is 9.93. The van der Waals surface area contributed by atoms with Gasteiger partial charge in [0, 0.05) is 10.0 Å². The molecule has 1 nitrogen and oxygen atoms in total. The lowest BCUT2D eigenvalue weighted by molar-refractivity contribution is 0.624. The Kier molecular flexibility index (Phi) is 5.32. The first-order valence-corrected chi connectivity index (χ1v) is 7.95. The molecule has 1 atom stereocenters. The minimum Gasteiger partial charge on any atom is -0.306 e. The number of nitrogens with one attached hydrogen (secondary N) is 1. The van der Waals surface area contributed by atoms with Crippen LogP contribution in [0, 0.1) is 20.8 Å². The Hall–Kier alpha value is -1.02. The quantitative estimate of drug-likeness (QED) is 0.770. The van der Waals surface area contributed by atoms with Crippen molar-refractivity contribution in [2.24, 2.45) is 0 Å². The van der Waals surface area contributed by atoms with Gasteiger partial charge in [0.1, 0.15) is 0 Å². The summed E-state index contributed by atoms with van der Waals surface area (Å²) in [6.07, 6.45) is 0. The second-order valence-corrected chi connectivity index (χ2v) is 6.31. The lowest BCUT2D eigenvalue weighted by Crippen LogP contribution is -2.24. The molecule has 0 bridgehead atoms. The molecular formula is C18H21Cl2N. The van der Waals surface area contributed by atoms with Gasteiger partial charge in [-0.2, -0.15) is 0 Å². The summed E-state index contributed by atoms with van der Waals surface area (Å²) in [7, 11) is 0. The van der Waals surface area contributed by atoms with Crippen LogP contribution in [0.3, 0.4) is 0 Å². The van der Waals surface area contributed by atoms with Crippen LogP contribution in [0.2, 0.25) is 10.0 Å². The fraction of sp³-hybridized carbons (Fsp3) is 0.333. The Morgan fingerprint density at radius 1 is 1.00 bits per heavy atom. The summed E-state index contributed by atoms with van der Waals surface area (Å²) < 4.78 is 0. The maximum absolute atomic E-state index is 6.41. The van der Waals surface area contributed by atoms with E-state index in [4.69, 9.17) is 23.2 Å². The molecule has 0 heterocycles. The Balaban J connectivity index is 2.61. The molecule has 0 aliphatic heterocycles. The molecule has 0 spiro atoms. The highest BCUT2D eigenvalue weighted by Gasteiger charge is 2.20. The van der Waals surface area contributed by atoms with Gasteiger partial charge in [0.05, 0.1) is 6.04 Å². The van der Waals surface area contributed by atoms with Crippen LogP contribution in [0.1, 0.15) is 40.8 Å². The average molecular weight is 322 g/mol. The molecule has 2 aromatic rings. The fourth-order valence-electron chi connectivity index (χ4n) is 2.95. The van der Waals surface area contributed by atoms with Crippen LogP contribution in [-0.4, -0.2) is 6.54 Å². The van der Waals surface area contributed by atoms with Gasteiger partial charge in [-0.05, 0) is 67.8 Å². The van der Waals surface area contributed by atoms with Gasteiger partial charge < -0.3 is 5.32 Å². The number of halogens is 2. The van der Waals surface area contributed by atoms with Gasteiger partial charge in [0.2, 0.25) is 0 Å². The van der Waals surface area contributed by atoms with E-state index in [9.17, 15) is 0 Å². The minimum absolute atomic E-state index is 0.0572. The first-order valence-electron chi connectivity index (χ1n) is 7.20. The van der Waals surface area contributed by atoms with Crippen molar-refractivity contribution < 1.29 is 0 Å². The van der Waals surface area contributed by atoms with Crippen molar-refractivity contribution in [3.63, 3.8) is 0 Å². The lowest BCUT2D eigenvalue weighted by atomic mass is 9.90. The van der Waals surface area contributed by atoms with Crippen LogP contribution < -0.4 is 5.32 Å². The average Bonchev–Trinajstić information content (AvgIpc) is 2.39. The zero-order chi connectivity index (χ0) is 15.6. The number of aryl methyl sites for hydroxylation is 3. The molecule has 112 valence electrons. The fourth-order valence-corrected chi connectivity index (χ4v) is 3.36. The lowest BCUT2D eigenvalue weighted by Gasteiger charge is -2.24. The summed E-state index contributed by atoms with van der Waals surface area (Å²) >= 11 is 12.6. The number of benzene rings is 2. The zero-order valence-electron chi connectivity index (χ0n) is 12.9. The predicted octanol–water partition coefficient (Wildman–Crippen LogP) is 5.62. The highest BCUT2D eigenvalue weighted by Crippen LogP contribution is 2.34. The van der Waals surface area contributed by atoms with Gasteiger partial charge in [-0.1, -0.05) is 47.8 Å². The van der Waals surface area contributed by atoms with E-state index in [1.165, 1.54) is 22.3 Å². The zero-order valence-corrected chi connectivity index (χ0v) is 14.4. The third-order valence-electron chi connectivity index (χ3n) is 3.70. The molecule has 3 heteroatoms. The SMILES string of the molecule is CCNC(c1cc(Cl)ccc1Cl)c1c(C)cc(C)cc1C. The van der Waals surface area contributed by atoms with Crippen molar-refractivity contribution in [2.75, 3.05) is 6.54 Å². The number of hydrogen-bond donors (Lipinski definition) is 1. The van der Waals surface area contributed by atoms with Crippen molar-refractivity contribution >= 4 is 23.2 Å². The molecular weight excluding hydrogens is 301 g/mol. The molecule has 2 aromatic carbocycles. The van der Waals surface area contributed by atoms with Crippen LogP contribution in [-0.2, 0) is 0 Å². The van der Waals surface area contributed by atoms with E-state index in [0.29, 0.717) is 5.02 Å². The highest BCUT2D eigenvalue weighted by molar-refractivity contribution is 6.33. The molecule has 0 saturated heterocycles. The topological polar surface area (TPSA) is 12.0 Å². The van der Waals surface area contributed by atoms with Crippen LogP contribution in [0.25, 0.3) is 0 Å². The summed E-state index contributed by atoms with van der Waals surface area (Å²) in [5.74, 6) is 0. The summed E-state index contributed by atoms with van der Waals surface area (Å²) in [5, 5.41) is 4.99. The molecule has 1 N–H and O–H groups in total. The predicted molar refractivity (Wildman–Crippen MR) is 92.6 cm³/mol. The molecule has 0 amide bonds. The van der Waals surface area contributed by atoms with E-state index in [-0.39, 0.29) is 6.04 Å². The Morgan fingerprint density at radius 2 is 1.62 bits per heavy atom. The van der Waals surface area contributed by atoms with Gasteiger partial charge in [-0.3, -0.25) is 0 Å². The molecule has 0 aromatic heterocycles. The van der Waals surface area contributed by atoms with Gasteiger partial charge in [-0.15, -0.1) is 0 Å². The van der Waals surface area contributed by atoms with Crippen molar-refractivity contribution in [1.29, 1.82) is 0 Å². The van der Waals surface area contributed by atoms with Crippen LogP contribution in [0.15, 0.2) is 30.3 Å². The summed E-state index contributed by atoms with van der Waals surface area (Å²) in [4.78, 5) is 0. The smallest absolute Gasteiger partial charge is 0.0597 e. The number of hydrogen-bond acceptors (Lipinski definition) is 1. The Bertz CT molecular complexity index is 627. The van der Waals surface area contributed by atoms with E-state index in [2.05, 4.69) is 45.1 Å². The third kappa shape index (κ3) is 3.60. The van der Waals surface area contributed by atoms with E-state index in [0.717, 1.165) is 17.1 Å². The highest BCUT2D eigenvalue weighted by atomic mass is 35.5. The maximum atomic E-state index is 6.41. The molecule has 0 fully saturated rings. The monoisotopic (exact) mass is 321 g/mol. The van der Waals surface area contributed by atoms with Crippen molar-refractivity contribution in [3.8, 4) is 0 Å². The maximum Gasteiger partial charge on any atom is 0.0597 e. The molecule has 0 saturated carbocycles. The third-order valence-corrected chi connectivity index (χ3v) is 4.28. The van der Waals surface area contributed by atoms with Crippen LogP contribution >= 0.6 is 23.2 Å². The van der Waals surface area contributed by atoms with Gasteiger partial charge in [0.25, 0.3) is 0 Å². The summed E-state index contributed by atoms with van der Waals surface area (Å²) in [6.45, 7) is 9.39. The molecule has 2 rings (SSSR count). The van der Waals surface area contributed by atoms with Gasteiger partial charge in [0.15, 0.2) is 0 Å². The van der Waals surface area contributed by atoms with Crippen LogP contribution in [0.4, 0.5) is 0 Å². The molecule has 0 aliphatic rings. The van der Waals surface area contributed by atoms with E-state index < -0.39 is 0 Å². The number of rotatable bonds is 4.